The van der Waals surface area contributed by atoms with Gasteiger partial charge >= 0.3 is 0 Å². The second kappa shape index (κ2) is 14.6. The van der Waals surface area contributed by atoms with Crippen molar-refractivity contribution in [2.24, 2.45) is 5.92 Å². The van der Waals surface area contributed by atoms with Crippen molar-refractivity contribution in [2.75, 3.05) is 39.3 Å². The zero-order valence-electron chi connectivity index (χ0n) is 22.0. The van der Waals surface area contributed by atoms with Crippen LogP contribution >= 0.6 is 0 Å². The summed E-state index contributed by atoms with van der Waals surface area (Å²) in [5, 5.41) is 11.2. The number of piperidine rings is 1. The Kier molecular flexibility index (Phi) is 11.2. The van der Waals surface area contributed by atoms with Crippen molar-refractivity contribution in [3.05, 3.63) is 29.8 Å². The minimum Gasteiger partial charge on any atom is -0.493 e. The fourth-order valence-electron chi connectivity index (χ4n) is 4.60. The van der Waals surface area contributed by atoms with Gasteiger partial charge in [0.2, 0.25) is 17.7 Å². The summed E-state index contributed by atoms with van der Waals surface area (Å²) in [5.41, 5.74) is 0.283. The summed E-state index contributed by atoms with van der Waals surface area (Å²) < 4.78 is 5.81. The Hall–Kier alpha value is -3.14. The lowest BCUT2D eigenvalue weighted by Crippen LogP contribution is -2.53. The van der Waals surface area contributed by atoms with E-state index in [9.17, 15) is 19.2 Å². The first-order valence-corrected chi connectivity index (χ1v) is 13.4. The van der Waals surface area contributed by atoms with E-state index in [1.54, 1.807) is 24.3 Å². The number of nitrogens with one attached hydrogen (secondary N) is 4. The van der Waals surface area contributed by atoms with Gasteiger partial charge in [-0.2, -0.15) is 0 Å². The third-order valence-electron chi connectivity index (χ3n) is 6.56. The number of benzene rings is 1. The van der Waals surface area contributed by atoms with Crippen LogP contribution in [0.1, 0.15) is 62.7 Å². The Morgan fingerprint density at radius 2 is 1.84 bits per heavy atom. The molecule has 10 heteroatoms. The Morgan fingerprint density at radius 3 is 2.59 bits per heavy atom. The molecule has 0 radical (unpaired) electrons. The van der Waals surface area contributed by atoms with E-state index < -0.39 is 29.8 Å². The van der Waals surface area contributed by atoms with Crippen LogP contribution in [0, 0.1) is 5.92 Å². The predicted molar refractivity (Wildman–Crippen MR) is 140 cm³/mol. The topological polar surface area (TPSA) is 129 Å². The summed E-state index contributed by atoms with van der Waals surface area (Å²) in [5.74, 6) is -1.13. The van der Waals surface area contributed by atoms with Gasteiger partial charge < -0.3 is 30.9 Å². The molecule has 0 aliphatic carbocycles. The second-order valence-corrected chi connectivity index (χ2v) is 10.2. The maximum Gasteiger partial charge on any atom is 0.255 e. The molecule has 1 fully saturated rings. The second-order valence-electron chi connectivity index (χ2n) is 10.2. The number of para-hydroxylation sites is 1. The fourth-order valence-corrected chi connectivity index (χ4v) is 4.60. The normalized spacial score (nSPS) is 22.4. The molecule has 4 N–H and O–H groups in total. The van der Waals surface area contributed by atoms with Gasteiger partial charge in [-0.25, -0.2) is 0 Å². The number of hydrogen-bond acceptors (Lipinski definition) is 6. The van der Waals surface area contributed by atoms with Gasteiger partial charge in [0.25, 0.3) is 5.91 Å². The standard InChI is InChI=1S/C27H41N5O5/c1-19(2)17-21-26(35)28-11-8-16-37-23-10-5-4-9-20(23)25(34)31-22(18-24(33)30-21)27(36)29-12-15-32-13-6-3-7-14-32/h4-5,9-10,19,21-22H,3,6-8,11-18H2,1-2H3,(H,28,35)(H,29,36)(H,30,33)(H,31,34)/t21-,22-/m0/s1. The highest BCUT2D eigenvalue weighted by molar-refractivity contribution is 6.01. The van der Waals surface area contributed by atoms with Gasteiger partial charge in [-0.15, -0.1) is 0 Å². The number of carbonyl (C=O) groups is 4. The molecule has 1 aromatic rings. The van der Waals surface area contributed by atoms with Crippen LogP contribution in [0.5, 0.6) is 5.75 Å². The molecule has 1 aromatic carbocycles. The molecule has 204 valence electrons. The Bertz CT molecular complexity index is 932. The molecule has 0 unspecified atom stereocenters. The molecule has 1 saturated heterocycles. The zero-order valence-corrected chi connectivity index (χ0v) is 22.0. The maximum absolute atomic E-state index is 13.2. The Labute approximate surface area is 219 Å². The molecule has 2 aliphatic rings. The van der Waals surface area contributed by atoms with Gasteiger partial charge in [0, 0.05) is 19.6 Å². The SMILES string of the molecule is CC(C)C[C@@H]1NC(=O)C[C@@H](C(=O)NCCN2CCCCC2)NC(=O)c2ccccc2OCCCNC1=O. The van der Waals surface area contributed by atoms with Crippen molar-refractivity contribution < 1.29 is 23.9 Å². The Morgan fingerprint density at radius 1 is 1.08 bits per heavy atom. The highest BCUT2D eigenvalue weighted by Gasteiger charge is 2.28. The Balaban J connectivity index is 1.75. The number of rotatable bonds is 6. The van der Waals surface area contributed by atoms with E-state index in [0.717, 1.165) is 25.9 Å². The van der Waals surface area contributed by atoms with Gasteiger partial charge in [-0.05, 0) is 56.8 Å². The fraction of sp³-hybridized carbons (Fsp3) is 0.630. The van der Waals surface area contributed by atoms with Gasteiger partial charge in [0.05, 0.1) is 18.6 Å². The zero-order chi connectivity index (χ0) is 26.6. The maximum atomic E-state index is 13.2. The van der Waals surface area contributed by atoms with Gasteiger partial charge in [0.1, 0.15) is 17.8 Å². The van der Waals surface area contributed by atoms with E-state index in [0.29, 0.717) is 44.8 Å². The van der Waals surface area contributed by atoms with Crippen molar-refractivity contribution in [2.45, 2.75) is 64.5 Å². The predicted octanol–water partition coefficient (Wildman–Crippen LogP) is 1.21. The van der Waals surface area contributed by atoms with Crippen LogP contribution in [0.3, 0.4) is 0 Å². The van der Waals surface area contributed by atoms with Crippen LogP contribution in [-0.4, -0.2) is 79.9 Å². The summed E-state index contributed by atoms with van der Waals surface area (Å²) >= 11 is 0. The van der Waals surface area contributed by atoms with Crippen LogP contribution in [-0.2, 0) is 14.4 Å². The molecular formula is C27H41N5O5. The number of amides is 4. The average Bonchev–Trinajstić information content (AvgIpc) is 2.87. The van der Waals surface area contributed by atoms with Crippen molar-refractivity contribution in [1.29, 1.82) is 0 Å². The minimum absolute atomic E-state index is 0.171. The first-order valence-electron chi connectivity index (χ1n) is 13.4. The lowest BCUT2D eigenvalue weighted by Gasteiger charge is -2.27. The summed E-state index contributed by atoms with van der Waals surface area (Å²) in [6, 6.07) is 4.95. The minimum atomic E-state index is -1.10. The van der Waals surface area contributed by atoms with Gasteiger partial charge in [0.15, 0.2) is 0 Å². The monoisotopic (exact) mass is 515 g/mol. The van der Waals surface area contributed by atoms with E-state index in [-0.39, 0.29) is 23.8 Å². The quantitative estimate of drug-likeness (QED) is 0.451. The molecule has 2 aliphatic heterocycles. The van der Waals surface area contributed by atoms with Crippen molar-refractivity contribution in [3.63, 3.8) is 0 Å². The summed E-state index contributed by atoms with van der Waals surface area (Å²) in [6.45, 7) is 7.77. The molecule has 0 spiro atoms. The first kappa shape index (κ1) is 28.4. The van der Waals surface area contributed by atoms with Crippen LogP contribution in [0.4, 0.5) is 0 Å². The molecule has 37 heavy (non-hydrogen) atoms. The summed E-state index contributed by atoms with van der Waals surface area (Å²) in [4.78, 5) is 54.4. The number of likely N-dealkylation sites (tertiary alicyclic amines) is 1. The number of ether oxygens (including phenoxy) is 1. The van der Waals surface area contributed by atoms with Crippen LogP contribution in [0.15, 0.2) is 24.3 Å². The first-order chi connectivity index (χ1) is 17.8. The van der Waals surface area contributed by atoms with Gasteiger partial charge in [-0.3, -0.25) is 19.2 Å². The van der Waals surface area contributed by atoms with E-state index >= 15 is 0 Å². The van der Waals surface area contributed by atoms with E-state index in [2.05, 4.69) is 26.2 Å². The highest BCUT2D eigenvalue weighted by Crippen LogP contribution is 2.19. The third kappa shape index (κ3) is 9.35. The molecule has 2 atom stereocenters. The number of nitrogens with zero attached hydrogens (tertiary/aromatic N) is 1. The summed E-state index contributed by atoms with van der Waals surface area (Å²) in [6.07, 6.45) is 4.24. The number of fused-ring (bicyclic) bond motifs is 1. The molecule has 3 rings (SSSR count). The molecule has 0 aromatic heterocycles. The average molecular weight is 516 g/mol. The number of carbonyl (C=O) groups excluding carboxylic acids is 4. The lowest BCUT2D eigenvalue weighted by atomic mass is 10.0. The largest absolute Gasteiger partial charge is 0.493 e. The molecule has 2 heterocycles. The van der Waals surface area contributed by atoms with Crippen LogP contribution in [0.25, 0.3) is 0 Å². The van der Waals surface area contributed by atoms with Crippen LogP contribution < -0.4 is 26.0 Å². The van der Waals surface area contributed by atoms with Crippen molar-refractivity contribution in [1.82, 2.24) is 26.2 Å². The van der Waals surface area contributed by atoms with Crippen molar-refractivity contribution in [3.8, 4) is 5.75 Å². The smallest absolute Gasteiger partial charge is 0.255 e. The molecular weight excluding hydrogens is 474 g/mol. The molecule has 10 nitrogen and oxygen atoms in total. The van der Waals surface area contributed by atoms with E-state index in [1.165, 1.54) is 6.42 Å². The molecule has 0 saturated carbocycles. The lowest BCUT2D eigenvalue weighted by molar-refractivity contribution is -0.131. The molecule has 0 bridgehead atoms. The third-order valence-corrected chi connectivity index (χ3v) is 6.56. The van der Waals surface area contributed by atoms with Crippen LogP contribution in [0.2, 0.25) is 0 Å². The van der Waals surface area contributed by atoms with Gasteiger partial charge in [-0.1, -0.05) is 32.4 Å². The van der Waals surface area contributed by atoms with E-state index in [4.69, 9.17) is 4.74 Å². The molecule has 4 amide bonds. The van der Waals surface area contributed by atoms with E-state index in [1.807, 2.05) is 13.8 Å². The van der Waals surface area contributed by atoms with Crippen molar-refractivity contribution >= 4 is 23.6 Å². The highest BCUT2D eigenvalue weighted by atomic mass is 16.5. The summed E-state index contributed by atoms with van der Waals surface area (Å²) in [7, 11) is 0. The number of hydrogen-bond donors (Lipinski definition) is 4.